The van der Waals surface area contributed by atoms with Crippen LogP contribution in [0.5, 0.6) is 5.75 Å². The fourth-order valence-corrected chi connectivity index (χ4v) is 1.59. The molecule has 3 heteroatoms. The molecule has 0 bridgehead atoms. The van der Waals surface area contributed by atoms with Gasteiger partial charge in [0.1, 0.15) is 5.75 Å². The van der Waals surface area contributed by atoms with Gasteiger partial charge in [0.15, 0.2) is 0 Å². The number of phenols is 1. The van der Waals surface area contributed by atoms with Crippen molar-refractivity contribution in [1.82, 2.24) is 5.32 Å². The predicted molar refractivity (Wildman–Crippen MR) is 60.0 cm³/mol. The van der Waals surface area contributed by atoms with Crippen molar-refractivity contribution in [2.75, 3.05) is 7.05 Å². The molecule has 14 heavy (non-hydrogen) atoms. The van der Waals surface area contributed by atoms with Gasteiger partial charge in [-0.1, -0.05) is 31.5 Å². The topological polar surface area (TPSA) is 32.3 Å². The van der Waals surface area contributed by atoms with Gasteiger partial charge in [0, 0.05) is 12.1 Å². The van der Waals surface area contributed by atoms with Gasteiger partial charge in [-0.3, -0.25) is 0 Å². The summed E-state index contributed by atoms with van der Waals surface area (Å²) in [6.07, 6.45) is 0. The van der Waals surface area contributed by atoms with Gasteiger partial charge in [0.2, 0.25) is 0 Å². The SMILES string of the molecule is CNCc1cc(C(C)C)cc(Cl)c1O. The maximum Gasteiger partial charge on any atom is 0.138 e. The van der Waals surface area contributed by atoms with Crippen molar-refractivity contribution in [3.63, 3.8) is 0 Å². The lowest BCUT2D eigenvalue weighted by Gasteiger charge is -2.11. The third-order valence-electron chi connectivity index (χ3n) is 2.20. The first kappa shape index (κ1) is 11.3. The van der Waals surface area contributed by atoms with Gasteiger partial charge in [-0.2, -0.15) is 0 Å². The minimum absolute atomic E-state index is 0.186. The lowest BCUT2D eigenvalue weighted by molar-refractivity contribution is 0.466. The second-order valence-electron chi connectivity index (χ2n) is 3.70. The van der Waals surface area contributed by atoms with Crippen LogP contribution >= 0.6 is 11.6 Å². The molecule has 0 aliphatic carbocycles. The Morgan fingerprint density at radius 1 is 1.43 bits per heavy atom. The molecule has 0 heterocycles. The summed E-state index contributed by atoms with van der Waals surface area (Å²) in [6, 6.07) is 3.81. The number of hydrogen-bond donors (Lipinski definition) is 2. The van der Waals surface area contributed by atoms with Crippen LogP contribution in [0.2, 0.25) is 5.02 Å². The fraction of sp³-hybridized carbons (Fsp3) is 0.455. The van der Waals surface area contributed by atoms with Crippen LogP contribution in [0.4, 0.5) is 0 Å². The second-order valence-corrected chi connectivity index (χ2v) is 4.10. The standard InChI is InChI=1S/C11H16ClNO/c1-7(2)8-4-9(6-13-3)11(14)10(12)5-8/h4-5,7,13-14H,6H2,1-3H3. The largest absolute Gasteiger partial charge is 0.506 e. The number of aromatic hydroxyl groups is 1. The zero-order chi connectivity index (χ0) is 10.7. The Hall–Kier alpha value is -0.730. The zero-order valence-electron chi connectivity index (χ0n) is 8.76. The predicted octanol–water partition coefficient (Wildman–Crippen LogP) is 2.89. The van der Waals surface area contributed by atoms with Crippen LogP contribution < -0.4 is 5.32 Å². The zero-order valence-corrected chi connectivity index (χ0v) is 9.52. The van der Waals surface area contributed by atoms with Crippen LogP contribution in [-0.2, 0) is 6.54 Å². The number of benzene rings is 1. The summed E-state index contributed by atoms with van der Waals surface area (Å²) in [7, 11) is 1.84. The molecule has 0 aromatic heterocycles. The third kappa shape index (κ3) is 2.40. The Balaban J connectivity index is 3.14. The van der Waals surface area contributed by atoms with Crippen molar-refractivity contribution in [3.8, 4) is 5.75 Å². The maximum atomic E-state index is 9.66. The lowest BCUT2D eigenvalue weighted by Crippen LogP contribution is -2.06. The number of hydrogen-bond acceptors (Lipinski definition) is 2. The van der Waals surface area contributed by atoms with Crippen molar-refractivity contribution >= 4 is 11.6 Å². The highest BCUT2D eigenvalue weighted by molar-refractivity contribution is 6.32. The van der Waals surface area contributed by atoms with Gasteiger partial charge in [-0.25, -0.2) is 0 Å². The summed E-state index contributed by atoms with van der Waals surface area (Å²) in [5.41, 5.74) is 2.00. The lowest BCUT2D eigenvalue weighted by atomic mass is 10.00. The Labute approximate surface area is 89.9 Å². The summed E-state index contributed by atoms with van der Waals surface area (Å²) >= 11 is 5.92. The van der Waals surface area contributed by atoms with Gasteiger partial charge in [0.25, 0.3) is 0 Å². The molecule has 2 N–H and O–H groups in total. The van der Waals surface area contributed by atoms with Gasteiger partial charge in [-0.05, 0) is 24.6 Å². The number of rotatable bonds is 3. The fourth-order valence-electron chi connectivity index (χ4n) is 1.34. The molecule has 0 atom stereocenters. The summed E-state index contributed by atoms with van der Waals surface area (Å²) in [6.45, 7) is 4.84. The highest BCUT2D eigenvalue weighted by atomic mass is 35.5. The van der Waals surface area contributed by atoms with E-state index in [4.69, 9.17) is 11.6 Å². The van der Waals surface area contributed by atoms with Gasteiger partial charge >= 0.3 is 0 Å². The average molecular weight is 214 g/mol. The first-order chi connectivity index (χ1) is 6.56. The highest BCUT2D eigenvalue weighted by Crippen LogP contribution is 2.31. The highest BCUT2D eigenvalue weighted by Gasteiger charge is 2.09. The minimum atomic E-state index is 0.186. The van der Waals surface area contributed by atoms with Crippen LogP contribution in [0, 0.1) is 0 Å². The van der Waals surface area contributed by atoms with Crippen LogP contribution in [-0.4, -0.2) is 12.2 Å². The van der Waals surface area contributed by atoms with Crippen molar-refractivity contribution in [2.24, 2.45) is 0 Å². The Bertz CT molecular complexity index is 323. The molecule has 78 valence electrons. The van der Waals surface area contributed by atoms with E-state index in [1.807, 2.05) is 19.2 Å². The first-order valence-corrected chi connectivity index (χ1v) is 5.10. The van der Waals surface area contributed by atoms with Crippen LogP contribution in [0.15, 0.2) is 12.1 Å². The van der Waals surface area contributed by atoms with Gasteiger partial charge in [0.05, 0.1) is 5.02 Å². The number of halogens is 1. The van der Waals surface area contributed by atoms with E-state index in [1.54, 1.807) is 0 Å². The molecule has 1 aromatic rings. The number of phenolic OH excluding ortho intramolecular Hbond substituents is 1. The van der Waals surface area contributed by atoms with E-state index in [0.717, 1.165) is 11.1 Å². The van der Waals surface area contributed by atoms with E-state index in [-0.39, 0.29) is 5.75 Å². The van der Waals surface area contributed by atoms with Crippen LogP contribution in [0.1, 0.15) is 30.9 Å². The molecule has 0 saturated carbocycles. The monoisotopic (exact) mass is 213 g/mol. The number of nitrogens with one attached hydrogen (secondary N) is 1. The molecule has 1 aromatic carbocycles. The van der Waals surface area contributed by atoms with E-state index < -0.39 is 0 Å². The molecule has 0 spiro atoms. The van der Waals surface area contributed by atoms with Crippen LogP contribution in [0.25, 0.3) is 0 Å². The average Bonchev–Trinajstić information content (AvgIpc) is 2.12. The van der Waals surface area contributed by atoms with Crippen molar-refractivity contribution < 1.29 is 5.11 Å². The van der Waals surface area contributed by atoms with Crippen molar-refractivity contribution in [3.05, 3.63) is 28.3 Å². The molecule has 0 radical (unpaired) electrons. The maximum absolute atomic E-state index is 9.66. The first-order valence-electron chi connectivity index (χ1n) is 4.72. The van der Waals surface area contributed by atoms with E-state index in [9.17, 15) is 5.11 Å². The minimum Gasteiger partial charge on any atom is -0.506 e. The van der Waals surface area contributed by atoms with Crippen molar-refractivity contribution in [1.29, 1.82) is 0 Å². The molecule has 2 nitrogen and oxygen atoms in total. The Kier molecular flexibility index (Phi) is 3.78. The molecule has 0 amide bonds. The Morgan fingerprint density at radius 3 is 2.57 bits per heavy atom. The van der Waals surface area contributed by atoms with Gasteiger partial charge < -0.3 is 10.4 Å². The van der Waals surface area contributed by atoms with E-state index >= 15 is 0 Å². The summed E-state index contributed by atoms with van der Waals surface area (Å²) in [5.74, 6) is 0.606. The van der Waals surface area contributed by atoms with Crippen molar-refractivity contribution in [2.45, 2.75) is 26.3 Å². The summed E-state index contributed by atoms with van der Waals surface area (Å²) < 4.78 is 0. The normalized spacial score (nSPS) is 10.9. The molecular weight excluding hydrogens is 198 g/mol. The second kappa shape index (κ2) is 4.67. The smallest absolute Gasteiger partial charge is 0.138 e. The van der Waals surface area contributed by atoms with Crippen LogP contribution in [0.3, 0.4) is 0 Å². The Morgan fingerprint density at radius 2 is 2.07 bits per heavy atom. The molecule has 1 rings (SSSR count). The molecule has 0 unspecified atom stereocenters. The third-order valence-corrected chi connectivity index (χ3v) is 2.49. The van der Waals surface area contributed by atoms with Gasteiger partial charge in [-0.15, -0.1) is 0 Å². The molecule has 0 aliphatic heterocycles. The van der Waals surface area contributed by atoms with E-state index in [0.29, 0.717) is 17.5 Å². The molecular formula is C11H16ClNO. The molecule has 0 aliphatic rings. The summed E-state index contributed by atoms with van der Waals surface area (Å²) in [5, 5.41) is 13.1. The molecule has 0 fully saturated rings. The van der Waals surface area contributed by atoms with E-state index in [1.165, 1.54) is 0 Å². The quantitative estimate of drug-likeness (QED) is 0.810. The van der Waals surface area contributed by atoms with E-state index in [2.05, 4.69) is 19.2 Å². The summed E-state index contributed by atoms with van der Waals surface area (Å²) in [4.78, 5) is 0. The molecule has 0 saturated heterocycles.